The molecular formula is C25H24N4O2. The summed E-state index contributed by atoms with van der Waals surface area (Å²) in [4.78, 5) is 32.3. The minimum Gasteiger partial charge on any atom is -0.360 e. The minimum atomic E-state index is -0.153. The minimum absolute atomic E-state index is 0.00383. The molecule has 6 nitrogen and oxygen atoms in total. The first-order valence-electron chi connectivity index (χ1n) is 10.7. The number of hydrogen-bond donors (Lipinski definition) is 1. The molecule has 156 valence electrons. The van der Waals surface area contributed by atoms with Crippen LogP contribution in [0, 0.1) is 16.7 Å². The number of carbonyl (C=O) groups is 2. The highest BCUT2D eigenvalue weighted by atomic mass is 16.2. The first-order valence-corrected chi connectivity index (χ1v) is 10.7. The quantitative estimate of drug-likeness (QED) is 0.711. The second kappa shape index (κ2) is 7.28. The zero-order valence-corrected chi connectivity index (χ0v) is 17.5. The standard InChI is InChI=1S/C25H24N4O2/c1-25(8-9-25)24(31)29-12-10-28(11-13-29)23(30)18-4-2-17(3-5-18)19-6-7-22-21(14-19)20(15-26)16-27-22/h2-7,14,16,27H,8-13H2,1H3. The monoisotopic (exact) mass is 412 g/mol. The van der Waals surface area contributed by atoms with Gasteiger partial charge in [-0.05, 0) is 48.2 Å². The van der Waals surface area contributed by atoms with Gasteiger partial charge in [0.2, 0.25) is 5.91 Å². The first-order chi connectivity index (χ1) is 15.0. The molecule has 6 heteroatoms. The SMILES string of the molecule is CC1(C(=O)N2CCN(C(=O)c3ccc(-c4ccc5[nH]cc(C#N)c5c4)cc3)CC2)CC1. The van der Waals surface area contributed by atoms with Gasteiger partial charge in [-0.25, -0.2) is 0 Å². The summed E-state index contributed by atoms with van der Waals surface area (Å²) in [6.07, 6.45) is 3.67. The number of aromatic amines is 1. The normalized spacial score (nSPS) is 17.4. The lowest BCUT2D eigenvalue weighted by Crippen LogP contribution is -2.52. The molecule has 0 spiro atoms. The van der Waals surface area contributed by atoms with Gasteiger partial charge in [0.25, 0.3) is 5.91 Å². The Balaban J connectivity index is 1.27. The van der Waals surface area contributed by atoms with E-state index in [2.05, 4.69) is 11.1 Å². The maximum atomic E-state index is 12.9. The number of benzene rings is 2. The highest BCUT2D eigenvalue weighted by Gasteiger charge is 2.47. The van der Waals surface area contributed by atoms with E-state index in [0.29, 0.717) is 37.3 Å². The number of nitrogens with one attached hydrogen (secondary N) is 1. The van der Waals surface area contributed by atoms with Gasteiger partial charge >= 0.3 is 0 Å². The first kappa shape index (κ1) is 19.4. The van der Waals surface area contributed by atoms with Crippen LogP contribution < -0.4 is 0 Å². The third kappa shape index (κ3) is 3.46. The highest BCUT2D eigenvalue weighted by Crippen LogP contribution is 2.46. The topological polar surface area (TPSA) is 80.2 Å². The third-order valence-electron chi connectivity index (χ3n) is 6.64. The van der Waals surface area contributed by atoms with Gasteiger partial charge in [-0.15, -0.1) is 0 Å². The van der Waals surface area contributed by atoms with Crippen LogP contribution in [0.3, 0.4) is 0 Å². The average molecular weight is 412 g/mol. The molecule has 31 heavy (non-hydrogen) atoms. The Labute approximate surface area is 181 Å². The van der Waals surface area contributed by atoms with Crippen molar-refractivity contribution in [3.8, 4) is 17.2 Å². The van der Waals surface area contributed by atoms with Crippen molar-refractivity contribution in [2.24, 2.45) is 5.41 Å². The van der Waals surface area contributed by atoms with Gasteiger partial charge in [0.15, 0.2) is 0 Å². The molecular weight excluding hydrogens is 388 g/mol. The number of H-pyrrole nitrogens is 1. The molecule has 2 amide bonds. The lowest BCUT2D eigenvalue weighted by Gasteiger charge is -2.36. The Morgan fingerprint density at radius 1 is 0.968 bits per heavy atom. The predicted octanol–water partition coefficient (Wildman–Crippen LogP) is 3.79. The number of hydrogen-bond acceptors (Lipinski definition) is 3. The number of nitrogens with zero attached hydrogens (tertiary/aromatic N) is 3. The van der Waals surface area contributed by atoms with E-state index in [1.165, 1.54) is 0 Å². The van der Waals surface area contributed by atoms with Crippen LogP contribution in [0.4, 0.5) is 0 Å². The van der Waals surface area contributed by atoms with Crippen molar-refractivity contribution in [3.63, 3.8) is 0 Å². The Morgan fingerprint density at radius 2 is 1.61 bits per heavy atom. The fourth-order valence-corrected chi connectivity index (χ4v) is 4.28. The van der Waals surface area contributed by atoms with Crippen molar-refractivity contribution < 1.29 is 9.59 Å². The van der Waals surface area contributed by atoms with Crippen LogP contribution in [0.1, 0.15) is 35.7 Å². The van der Waals surface area contributed by atoms with Gasteiger partial charge in [0.1, 0.15) is 6.07 Å². The molecule has 1 saturated carbocycles. The average Bonchev–Trinajstić information content (AvgIpc) is 3.44. The van der Waals surface area contributed by atoms with E-state index >= 15 is 0 Å². The number of rotatable bonds is 3. The fraction of sp³-hybridized carbons (Fsp3) is 0.320. The summed E-state index contributed by atoms with van der Waals surface area (Å²) >= 11 is 0. The maximum Gasteiger partial charge on any atom is 0.253 e. The van der Waals surface area contributed by atoms with Crippen LogP contribution in [-0.2, 0) is 4.79 Å². The maximum absolute atomic E-state index is 12.9. The van der Waals surface area contributed by atoms with Gasteiger partial charge in [-0.3, -0.25) is 9.59 Å². The van der Waals surface area contributed by atoms with E-state index < -0.39 is 0 Å². The van der Waals surface area contributed by atoms with Crippen molar-refractivity contribution in [1.29, 1.82) is 5.26 Å². The molecule has 1 saturated heterocycles. The summed E-state index contributed by atoms with van der Waals surface area (Å²) in [5.41, 5.74) is 4.05. The van der Waals surface area contributed by atoms with Gasteiger partial charge < -0.3 is 14.8 Å². The molecule has 1 aliphatic carbocycles. The molecule has 2 aromatic carbocycles. The van der Waals surface area contributed by atoms with Crippen LogP contribution in [0.5, 0.6) is 0 Å². The van der Waals surface area contributed by atoms with Gasteiger partial charge in [-0.2, -0.15) is 5.26 Å². The predicted molar refractivity (Wildman–Crippen MR) is 118 cm³/mol. The Morgan fingerprint density at radius 3 is 2.26 bits per heavy atom. The molecule has 0 radical (unpaired) electrons. The van der Waals surface area contributed by atoms with Gasteiger partial charge in [0.05, 0.1) is 5.56 Å². The summed E-state index contributed by atoms with van der Waals surface area (Å²) in [6, 6.07) is 15.8. The van der Waals surface area contributed by atoms with Crippen molar-refractivity contribution in [2.75, 3.05) is 26.2 Å². The van der Waals surface area contributed by atoms with Gasteiger partial charge in [0, 0.05) is 54.3 Å². The smallest absolute Gasteiger partial charge is 0.253 e. The van der Waals surface area contributed by atoms with Gasteiger partial charge in [-0.1, -0.05) is 25.1 Å². The molecule has 1 aliphatic heterocycles. The third-order valence-corrected chi connectivity index (χ3v) is 6.64. The largest absolute Gasteiger partial charge is 0.360 e. The van der Waals surface area contributed by atoms with Crippen LogP contribution in [0.15, 0.2) is 48.7 Å². The van der Waals surface area contributed by atoms with Crippen LogP contribution in [0.25, 0.3) is 22.0 Å². The van der Waals surface area contributed by atoms with Crippen LogP contribution in [0.2, 0.25) is 0 Å². The van der Waals surface area contributed by atoms with Crippen molar-refractivity contribution in [1.82, 2.24) is 14.8 Å². The summed E-state index contributed by atoms with van der Waals surface area (Å²) < 4.78 is 0. The lowest BCUT2D eigenvalue weighted by molar-refractivity contribution is -0.137. The number of fused-ring (bicyclic) bond motifs is 1. The molecule has 2 heterocycles. The van der Waals surface area contributed by atoms with E-state index in [0.717, 1.165) is 34.9 Å². The summed E-state index contributed by atoms with van der Waals surface area (Å²) in [7, 11) is 0. The number of carbonyl (C=O) groups excluding carboxylic acids is 2. The summed E-state index contributed by atoms with van der Waals surface area (Å²) in [5.74, 6) is 0.243. The zero-order chi connectivity index (χ0) is 21.6. The van der Waals surface area contributed by atoms with E-state index in [1.54, 1.807) is 6.20 Å². The molecule has 5 rings (SSSR count). The second-order valence-corrected chi connectivity index (χ2v) is 8.80. The molecule has 1 aromatic heterocycles. The Kier molecular flexibility index (Phi) is 4.55. The fourth-order valence-electron chi connectivity index (χ4n) is 4.28. The van der Waals surface area contributed by atoms with E-state index in [1.807, 2.05) is 59.2 Å². The highest BCUT2D eigenvalue weighted by molar-refractivity contribution is 5.95. The number of piperazine rings is 1. The number of amides is 2. The Hall–Kier alpha value is -3.59. The molecule has 2 fully saturated rings. The van der Waals surface area contributed by atoms with E-state index in [9.17, 15) is 14.9 Å². The molecule has 0 atom stereocenters. The van der Waals surface area contributed by atoms with Crippen molar-refractivity contribution in [2.45, 2.75) is 19.8 Å². The number of aromatic nitrogens is 1. The Bertz CT molecular complexity index is 1210. The summed E-state index contributed by atoms with van der Waals surface area (Å²) in [6.45, 7) is 4.39. The molecule has 2 aliphatic rings. The molecule has 0 bridgehead atoms. The summed E-state index contributed by atoms with van der Waals surface area (Å²) in [5, 5.41) is 10.2. The van der Waals surface area contributed by atoms with Crippen molar-refractivity contribution in [3.05, 3.63) is 59.8 Å². The molecule has 3 aromatic rings. The van der Waals surface area contributed by atoms with E-state index in [4.69, 9.17) is 0 Å². The number of nitriles is 1. The van der Waals surface area contributed by atoms with E-state index in [-0.39, 0.29) is 17.2 Å². The van der Waals surface area contributed by atoms with Crippen LogP contribution >= 0.6 is 0 Å². The lowest BCUT2D eigenvalue weighted by atomic mass is 10.0. The second-order valence-electron chi connectivity index (χ2n) is 8.80. The zero-order valence-electron chi connectivity index (χ0n) is 17.5. The van der Waals surface area contributed by atoms with Crippen LogP contribution in [-0.4, -0.2) is 52.8 Å². The molecule has 1 N–H and O–H groups in total. The molecule has 0 unspecified atom stereocenters. The van der Waals surface area contributed by atoms with Crippen molar-refractivity contribution >= 4 is 22.7 Å².